The number of rotatable bonds is 9. The average Bonchev–Trinajstić information content (AvgIpc) is 3.15. The second kappa shape index (κ2) is 11.0. The van der Waals surface area contributed by atoms with Gasteiger partial charge in [0, 0.05) is 10.6 Å². The molecule has 0 spiro atoms. The van der Waals surface area contributed by atoms with Crippen LogP contribution in [0.15, 0.2) is 95.0 Å². The highest BCUT2D eigenvalue weighted by molar-refractivity contribution is 7.87. The molecule has 0 aromatic heterocycles. The molecule has 4 rings (SSSR count). The summed E-state index contributed by atoms with van der Waals surface area (Å²) in [7, 11) is -4.17. The number of amides is 1. The van der Waals surface area contributed by atoms with Crippen molar-refractivity contribution in [2.75, 3.05) is 11.6 Å². The molecule has 190 valence electrons. The quantitative estimate of drug-likeness (QED) is 0.189. The van der Waals surface area contributed by atoms with Crippen molar-refractivity contribution in [2.24, 2.45) is 5.10 Å². The Hall–Kier alpha value is -3.88. The highest BCUT2D eigenvalue weighted by Gasteiger charge is 2.29. The first-order valence-corrected chi connectivity index (χ1v) is 13.3. The van der Waals surface area contributed by atoms with Crippen LogP contribution in [0, 0.1) is 0 Å². The number of para-hydroxylation sites is 1. The predicted molar refractivity (Wildman–Crippen MR) is 146 cm³/mol. The second-order valence-corrected chi connectivity index (χ2v) is 10.1. The van der Waals surface area contributed by atoms with Crippen LogP contribution in [-0.2, 0) is 21.3 Å². The fourth-order valence-electron chi connectivity index (χ4n) is 3.79. The molecule has 9 heteroatoms. The lowest BCUT2D eigenvalue weighted by Crippen LogP contribution is -2.21. The SMILES string of the molecule is C=CCc1cc(/C=C2/C(=O)N(c3ccccc3)N=C2C)cc(OCC)c1OS(=O)(=O)c1ccc(Cl)cc1. The van der Waals surface area contributed by atoms with Crippen molar-refractivity contribution >= 4 is 45.1 Å². The number of ether oxygens (including phenoxy) is 1. The standard InChI is InChI=1S/C28H25ClN2O5S/c1-4-9-21-16-20(17-25-19(3)30-31(28(25)32)23-10-7-6-8-11-23)18-26(35-5-2)27(21)36-37(33,34)24-14-12-22(29)13-15-24/h4,6-8,10-18H,1,5,9H2,2-3H3/b25-17+. The Labute approximate surface area is 221 Å². The lowest BCUT2D eigenvalue weighted by atomic mass is 10.0. The Morgan fingerprint density at radius 2 is 1.78 bits per heavy atom. The minimum atomic E-state index is -4.17. The number of nitrogens with zero attached hydrogens (tertiary/aromatic N) is 2. The number of anilines is 1. The summed E-state index contributed by atoms with van der Waals surface area (Å²) in [6.07, 6.45) is 3.64. The van der Waals surface area contributed by atoms with E-state index >= 15 is 0 Å². The molecular weight excluding hydrogens is 512 g/mol. The van der Waals surface area contributed by atoms with Crippen molar-refractivity contribution in [3.63, 3.8) is 0 Å². The van der Waals surface area contributed by atoms with Crippen molar-refractivity contribution in [3.05, 3.63) is 101 Å². The van der Waals surface area contributed by atoms with E-state index in [-0.39, 0.29) is 28.9 Å². The number of hydrogen-bond donors (Lipinski definition) is 0. The lowest BCUT2D eigenvalue weighted by Gasteiger charge is -2.17. The Bertz CT molecular complexity index is 1500. The third-order valence-electron chi connectivity index (χ3n) is 5.49. The van der Waals surface area contributed by atoms with Crippen molar-refractivity contribution in [2.45, 2.75) is 25.2 Å². The van der Waals surface area contributed by atoms with Gasteiger partial charge in [-0.2, -0.15) is 18.5 Å². The van der Waals surface area contributed by atoms with E-state index in [4.69, 9.17) is 20.5 Å². The molecule has 0 saturated carbocycles. The number of hydrogen-bond acceptors (Lipinski definition) is 6. The molecular formula is C28H25ClN2O5S. The van der Waals surface area contributed by atoms with E-state index < -0.39 is 10.1 Å². The van der Waals surface area contributed by atoms with Crippen molar-refractivity contribution in [1.29, 1.82) is 0 Å². The maximum absolute atomic E-state index is 13.2. The molecule has 1 aliphatic rings. The van der Waals surface area contributed by atoms with E-state index in [1.807, 2.05) is 18.2 Å². The predicted octanol–water partition coefficient (Wildman–Crippen LogP) is 6.04. The summed E-state index contributed by atoms with van der Waals surface area (Å²) in [6, 6.07) is 18.2. The largest absolute Gasteiger partial charge is 0.490 e. The third kappa shape index (κ3) is 5.76. The maximum Gasteiger partial charge on any atom is 0.339 e. The first-order chi connectivity index (χ1) is 17.7. The van der Waals surface area contributed by atoms with E-state index in [1.165, 1.54) is 29.3 Å². The zero-order valence-corrected chi connectivity index (χ0v) is 21.9. The number of allylic oxidation sites excluding steroid dienone is 1. The third-order valence-corrected chi connectivity index (χ3v) is 6.98. The van der Waals surface area contributed by atoms with Crippen LogP contribution < -0.4 is 13.9 Å². The van der Waals surface area contributed by atoms with Crippen molar-refractivity contribution < 1.29 is 22.1 Å². The highest BCUT2D eigenvalue weighted by Crippen LogP contribution is 2.37. The first kappa shape index (κ1) is 26.2. The van der Waals surface area contributed by atoms with E-state index in [9.17, 15) is 13.2 Å². The zero-order chi connectivity index (χ0) is 26.6. The van der Waals surface area contributed by atoms with Gasteiger partial charge in [0.1, 0.15) is 4.90 Å². The molecule has 0 radical (unpaired) electrons. The van der Waals surface area contributed by atoms with Gasteiger partial charge in [-0.05, 0) is 80.4 Å². The number of carbonyl (C=O) groups is 1. The lowest BCUT2D eigenvalue weighted by molar-refractivity contribution is -0.114. The van der Waals surface area contributed by atoms with E-state index in [0.717, 1.165) is 0 Å². The maximum atomic E-state index is 13.2. The monoisotopic (exact) mass is 536 g/mol. The van der Waals surface area contributed by atoms with Gasteiger partial charge >= 0.3 is 10.1 Å². The van der Waals surface area contributed by atoms with Crippen LogP contribution in [0.25, 0.3) is 6.08 Å². The Balaban J connectivity index is 1.75. The highest BCUT2D eigenvalue weighted by atomic mass is 35.5. The molecule has 1 amide bonds. The van der Waals surface area contributed by atoms with Crippen molar-refractivity contribution in [3.8, 4) is 11.5 Å². The van der Waals surface area contributed by atoms with Crippen LogP contribution in [-0.4, -0.2) is 26.6 Å². The van der Waals surface area contributed by atoms with Gasteiger partial charge in [-0.1, -0.05) is 35.9 Å². The molecule has 7 nitrogen and oxygen atoms in total. The molecule has 0 atom stereocenters. The molecule has 1 aliphatic heterocycles. The van der Waals surface area contributed by atoms with Crippen LogP contribution in [0.2, 0.25) is 5.02 Å². The molecule has 0 saturated heterocycles. The van der Waals surface area contributed by atoms with Gasteiger partial charge in [0.15, 0.2) is 11.5 Å². The summed E-state index contributed by atoms with van der Waals surface area (Å²) in [5.41, 5.74) is 2.80. The van der Waals surface area contributed by atoms with Crippen LogP contribution in [0.3, 0.4) is 0 Å². The van der Waals surface area contributed by atoms with Crippen LogP contribution >= 0.6 is 11.6 Å². The minimum absolute atomic E-state index is 0.0421. The first-order valence-electron chi connectivity index (χ1n) is 11.5. The molecule has 0 fully saturated rings. The molecule has 0 unspecified atom stereocenters. The van der Waals surface area contributed by atoms with E-state index in [1.54, 1.807) is 50.3 Å². The summed E-state index contributed by atoms with van der Waals surface area (Å²) >= 11 is 5.90. The second-order valence-electron chi connectivity index (χ2n) is 8.12. The minimum Gasteiger partial charge on any atom is -0.490 e. The molecule has 0 bridgehead atoms. The zero-order valence-electron chi connectivity index (χ0n) is 20.3. The fourth-order valence-corrected chi connectivity index (χ4v) is 4.89. The summed E-state index contributed by atoms with van der Waals surface area (Å²) in [4.78, 5) is 13.1. The summed E-state index contributed by atoms with van der Waals surface area (Å²) in [5.74, 6) is 0.0247. The molecule has 1 heterocycles. The molecule has 0 N–H and O–H groups in total. The van der Waals surface area contributed by atoms with E-state index in [0.29, 0.717) is 39.5 Å². The van der Waals surface area contributed by atoms with Gasteiger partial charge in [0.05, 0.1) is 23.6 Å². The Morgan fingerprint density at radius 3 is 2.43 bits per heavy atom. The van der Waals surface area contributed by atoms with Crippen LogP contribution in [0.5, 0.6) is 11.5 Å². The number of benzene rings is 3. The topological polar surface area (TPSA) is 85.3 Å². The number of carbonyl (C=O) groups excluding carboxylic acids is 1. The summed E-state index contributed by atoms with van der Waals surface area (Å²) < 4.78 is 37.4. The van der Waals surface area contributed by atoms with Gasteiger partial charge in [0.25, 0.3) is 5.91 Å². The Kier molecular flexibility index (Phi) is 7.80. The van der Waals surface area contributed by atoms with Crippen LogP contribution in [0.4, 0.5) is 5.69 Å². The number of hydrazone groups is 1. The van der Waals surface area contributed by atoms with E-state index in [2.05, 4.69) is 11.7 Å². The van der Waals surface area contributed by atoms with Gasteiger partial charge < -0.3 is 8.92 Å². The van der Waals surface area contributed by atoms with Gasteiger partial charge in [0.2, 0.25) is 0 Å². The fraction of sp³-hybridized carbons (Fsp3) is 0.143. The molecule has 0 aliphatic carbocycles. The summed E-state index contributed by atoms with van der Waals surface area (Å²) in [6.45, 7) is 7.60. The van der Waals surface area contributed by atoms with Crippen molar-refractivity contribution in [1.82, 2.24) is 0 Å². The molecule has 37 heavy (non-hydrogen) atoms. The van der Waals surface area contributed by atoms with Gasteiger partial charge in [-0.15, -0.1) is 6.58 Å². The number of halogens is 1. The van der Waals surface area contributed by atoms with Crippen LogP contribution in [0.1, 0.15) is 25.0 Å². The Morgan fingerprint density at radius 1 is 1.08 bits per heavy atom. The smallest absolute Gasteiger partial charge is 0.339 e. The molecule has 3 aromatic rings. The average molecular weight is 537 g/mol. The molecule has 3 aromatic carbocycles. The summed E-state index contributed by atoms with van der Waals surface area (Å²) in [5, 5.41) is 6.17. The van der Waals surface area contributed by atoms with Gasteiger partial charge in [-0.25, -0.2) is 0 Å². The normalized spacial score (nSPS) is 14.6. The van der Waals surface area contributed by atoms with Gasteiger partial charge in [-0.3, -0.25) is 4.79 Å².